The number of furan rings is 2. The number of hydrogen-bond donors (Lipinski definition) is 0. The standard InChI is InChI=1S/C74H52N2O3/c1-3-19-48(20-4-1)53-23-9-13-31-64(53)75(66-33-17-29-59-56-26-11-15-35-68(56)77-72(59)66)51-40-37-47(38-41-51)50-39-43-61-63(45-50)55-25-7-8-28-58(55)71-62-44-42-52(46-70(62)79-74(61)71)76(65-32-14-10-24-54(65)49-21-5-2-6-22-49)67-34-18-30-60-57-27-12-16-36-69(57)78-73(60)67/h2-3,5-45,61,70,74H,1,4,46H2. The molecule has 11 aromatic rings. The van der Waals surface area contributed by atoms with Crippen molar-refractivity contribution in [3.8, 4) is 11.1 Å². The van der Waals surface area contributed by atoms with Crippen LogP contribution >= 0.6 is 0 Å². The number of benzene rings is 9. The van der Waals surface area contributed by atoms with Gasteiger partial charge in [-0.15, -0.1) is 0 Å². The highest BCUT2D eigenvalue weighted by molar-refractivity contribution is 6.12. The zero-order valence-electron chi connectivity index (χ0n) is 43.3. The highest BCUT2D eigenvalue weighted by atomic mass is 16.5. The van der Waals surface area contributed by atoms with Gasteiger partial charge in [0.1, 0.15) is 11.2 Å². The SMILES string of the molecule is C1=CC(c2ccccc2N(c2ccc(C3=CC4=c5ccccc5=C5C6=CC=C(N(c7ccccc7-c7ccccc7)c7cccc8c7oc7ccccc78)CC6OC5C4C=C3)cc2)c2cccc3c2oc2ccccc23)=CCC1. The Morgan fingerprint density at radius 3 is 1.77 bits per heavy atom. The average Bonchev–Trinajstić information content (AvgIpc) is 4.31. The van der Waals surface area contributed by atoms with Gasteiger partial charge in [0.2, 0.25) is 0 Å². The predicted molar refractivity (Wildman–Crippen MR) is 325 cm³/mol. The second-order valence-corrected chi connectivity index (χ2v) is 21.2. The Bertz CT molecular complexity index is 4640. The van der Waals surface area contributed by atoms with E-state index >= 15 is 0 Å². The summed E-state index contributed by atoms with van der Waals surface area (Å²) in [5.74, 6) is 0.0431. The first-order valence-electron chi connectivity index (χ1n) is 27.6. The van der Waals surface area contributed by atoms with Crippen molar-refractivity contribution in [1.82, 2.24) is 0 Å². The molecule has 0 radical (unpaired) electrons. The van der Waals surface area contributed by atoms with Crippen LogP contribution in [0.5, 0.6) is 0 Å². The molecule has 0 bridgehead atoms. The van der Waals surface area contributed by atoms with Crippen LogP contribution in [0.25, 0.3) is 77.3 Å². The minimum Gasteiger partial charge on any atom is -0.454 e. The van der Waals surface area contributed by atoms with Crippen molar-refractivity contribution in [3.05, 3.63) is 294 Å². The molecule has 5 heteroatoms. The van der Waals surface area contributed by atoms with Crippen molar-refractivity contribution in [3.63, 3.8) is 0 Å². The number of anilines is 5. The quantitative estimate of drug-likeness (QED) is 0.144. The molecular weight excluding hydrogens is 965 g/mol. The molecule has 1 saturated heterocycles. The molecular formula is C74H52N2O3. The van der Waals surface area contributed by atoms with E-state index < -0.39 is 0 Å². The molecule has 0 spiro atoms. The Morgan fingerprint density at radius 1 is 0.443 bits per heavy atom. The zero-order valence-corrected chi connectivity index (χ0v) is 43.3. The van der Waals surface area contributed by atoms with Gasteiger partial charge in [0.05, 0.1) is 35.0 Å². The summed E-state index contributed by atoms with van der Waals surface area (Å²) in [6.07, 6.45) is 21.2. The van der Waals surface area contributed by atoms with Gasteiger partial charge in [0.25, 0.3) is 0 Å². The molecule has 0 saturated carbocycles. The molecule has 5 aliphatic rings. The number of allylic oxidation sites excluding steroid dienone is 9. The van der Waals surface area contributed by atoms with Gasteiger partial charge in [0, 0.05) is 56.4 Å². The van der Waals surface area contributed by atoms with Crippen LogP contribution in [-0.4, -0.2) is 12.2 Å². The Balaban J connectivity index is 0.792. The summed E-state index contributed by atoms with van der Waals surface area (Å²) in [6, 6.07) is 76.0. The number of para-hydroxylation sites is 6. The lowest BCUT2D eigenvalue weighted by atomic mass is 9.76. The first kappa shape index (κ1) is 45.5. The summed E-state index contributed by atoms with van der Waals surface area (Å²) >= 11 is 0. The maximum atomic E-state index is 7.45. The second kappa shape index (κ2) is 18.5. The lowest BCUT2D eigenvalue weighted by Crippen LogP contribution is -2.41. The highest BCUT2D eigenvalue weighted by Gasteiger charge is 2.44. The van der Waals surface area contributed by atoms with Crippen LogP contribution in [0.2, 0.25) is 0 Å². The molecule has 79 heavy (non-hydrogen) atoms. The van der Waals surface area contributed by atoms with E-state index in [-0.39, 0.29) is 18.1 Å². The Labute approximate surface area is 457 Å². The number of rotatable bonds is 9. The fourth-order valence-electron chi connectivity index (χ4n) is 13.2. The smallest absolute Gasteiger partial charge is 0.159 e. The van der Waals surface area contributed by atoms with Crippen LogP contribution in [-0.2, 0) is 4.74 Å². The molecule has 0 amide bonds. The molecule has 9 aromatic carbocycles. The molecule has 3 unspecified atom stereocenters. The third kappa shape index (κ3) is 7.41. The van der Waals surface area contributed by atoms with Gasteiger partial charge >= 0.3 is 0 Å². The van der Waals surface area contributed by atoms with Crippen LogP contribution in [0.1, 0.15) is 30.4 Å². The Hall–Kier alpha value is -9.68. The lowest BCUT2D eigenvalue weighted by Gasteiger charge is -2.32. The highest BCUT2D eigenvalue weighted by Crippen LogP contribution is 2.51. The average molecular weight is 1020 g/mol. The van der Waals surface area contributed by atoms with E-state index in [9.17, 15) is 0 Å². The van der Waals surface area contributed by atoms with Gasteiger partial charge in [-0.1, -0.05) is 200 Å². The van der Waals surface area contributed by atoms with E-state index in [0.29, 0.717) is 6.42 Å². The second-order valence-electron chi connectivity index (χ2n) is 21.2. The summed E-state index contributed by atoms with van der Waals surface area (Å²) in [6.45, 7) is 0. The fraction of sp³-hybridized carbons (Fsp3) is 0.0811. The monoisotopic (exact) mass is 1020 g/mol. The van der Waals surface area contributed by atoms with Crippen LogP contribution in [0.3, 0.4) is 0 Å². The minimum absolute atomic E-state index is 0.0431. The van der Waals surface area contributed by atoms with Crippen LogP contribution in [0.15, 0.2) is 281 Å². The lowest BCUT2D eigenvalue weighted by molar-refractivity contribution is 0.0557. The molecule has 1 aliphatic heterocycles. The first-order valence-corrected chi connectivity index (χ1v) is 27.6. The van der Waals surface area contributed by atoms with Gasteiger partial charge in [-0.05, 0) is 123 Å². The maximum Gasteiger partial charge on any atom is 0.159 e. The number of hydrogen-bond acceptors (Lipinski definition) is 5. The Morgan fingerprint density at radius 2 is 1.05 bits per heavy atom. The molecule has 5 nitrogen and oxygen atoms in total. The van der Waals surface area contributed by atoms with Crippen molar-refractivity contribution < 1.29 is 13.6 Å². The summed E-state index contributed by atoms with van der Waals surface area (Å²) in [5.41, 5.74) is 20.8. The van der Waals surface area contributed by atoms with E-state index in [1.165, 1.54) is 43.9 Å². The van der Waals surface area contributed by atoms with Crippen molar-refractivity contribution in [2.75, 3.05) is 9.80 Å². The zero-order chi connectivity index (χ0) is 52.0. The third-order valence-corrected chi connectivity index (χ3v) is 16.8. The first-order chi connectivity index (χ1) is 39.2. The van der Waals surface area contributed by atoms with Gasteiger partial charge in [-0.3, -0.25) is 0 Å². The summed E-state index contributed by atoms with van der Waals surface area (Å²) in [7, 11) is 0. The molecule has 1 fully saturated rings. The number of nitrogens with zero attached hydrogens (tertiary/aromatic N) is 2. The maximum absolute atomic E-state index is 7.45. The summed E-state index contributed by atoms with van der Waals surface area (Å²) in [5, 5.41) is 6.93. The van der Waals surface area contributed by atoms with Crippen molar-refractivity contribution in [1.29, 1.82) is 0 Å². The molecule has 4 aliphatic carbocycles. The molecule has 376 valence electrons. The van der Waals surface area contributed by atoms with E-state index in [1.54, 1.807) is 0 Å². The van der Waals surface area contributed by atoms with Crippen molar-refractivity contribution >= 4 is 94.6 Å². The van der Waals surface area contributed by atoms with Crippen LogP contribution in [0.4, 0.5) is 28.4 Å². The topological polar surface area (TPSA) is 42.0 Å². The minimum atomic E-state index is -0.149. The number of fused-ring (bicyclic) bond motifs is 12. The molecule has 3 atom stereocenters. The van der Waals surface area contributed by atoms with Gasteiger partial charge < -0.3 is 23.4 Å². The van der Waals surface area contributed by atoms with E-state index in [2.05, 4.69) is 259 Å². The largest absolute Gasteiger partial charge is 0.454 e. The molecule has 16 rings (SSSR count). The van der Waals surface area contributed by atoms with Gasteiger partial charge in [-0.2, -0.15) is 0 Å². The van der Waals surface area contributed by atoms with Gasteiger partial charge in [-0.25, -0.2) is 0 Å². The van der Waals surface area contributed by atoms with E-state index in [4.69, 9.17) is 13.6 Å². The molecule has 3 heterocycles. The number of ether oxygens (including phenoxy) is 1. The van der Waals surface area contributed by atoms with Crippen molar-refractivity contribution in [2.45, 2.75) is 31.5 Å². The van der Waals surface area contributed by atoms with E-state index in [1.807, 2.05) is 12.1 Å². The predicted octanol–water partition coefficient (Wildman–Crippen LogP) is 17.8. The van der Waals surface area contributed by atoms with Crippen LogP contribution < -0.4 is 20.2 Å². The van der Waals surface area contributed by atoms with Crippen molar-refractivity contribution in [2.24, 2.45) is 5.92 Å². The normalized spacial score (nSPS) is 18.2. The fourth-order valence-corrected chi connectivity index (χ4v) is 13.2. The van der Waals surface area contributed by atoms with E-state index in [0.717, 1.165) is 108 Å². The summed E-state index contributed by atoms with van der Waals surface area (Å²) < 4.78 is 21.0. The van der Waals surface area contributed by atoms with Crippen LogP contribution in [0, 0.1) is 5.92 Å². The third-order valence-electron chi connectivity index (χ3n) is 16.8. The Kier molecular flexibility index (Phi) is 10.7. The molecule has 0 N–H and O–H groups in total. The molecule has 2 aromatic heterocycles. The van der Waals surface area contributed by atoms with Gasteiger partial charge in [0.15, 0.2) is 11.2 Å². The summed E-state index contributed by atoms with van der Waals surface area (Å²) in [4.78, 5) is 4.80.